The number of carbonyl (C=O) groups is 1. The van der Waals surface area contributed by atoms with Crippen LogP contribution in [-0.2, 0) is 11.3 Å². The number of pyridine rings is 1. The Balaban J connectivity index is 1.36. The summed E-state index contributed by atoms with van der Waals surface area (Å²) in [6.07, 6.45) is 5.44. The van der Waals surface area contributed by atoms with Gasteiger partial charge in [0.15, 0.2) is 5.69 Å². The number of ether oxygens (including phenoxy) is 1. The highest BCUT2D eigenvalue weighted by Crippen LogP contribution is 2.31. The largest absolute Gasteiger partial charge is 0.372 e. The molecule has 0 unspecified atom stereocenters. The fraction of sp³-hybridized carbons (Fsp3) is 0.529. The first kappa shape index (κ1) is 16.6. The van der Waals surface area contributed by atoms with E-state index in [1.165, 1.54) is 17.1 Å². The highest BCUT2D eigenvalue weighted by molar-refractivity contribution is 7.03. The van der Waals surface area contributed by atoms with Crippen molar-refractivity contribution in [2.24, 2.45) is 0 Å². The summed E-state index contributed by atoms with van der Waals surface area (Å²) in [6, 6.07) is 4.08. The van der Waals surface area contributed by atoms with Crippen molar-refractivity contribution in [3.63, 3.8) is 0 Å². The predicted molar refractivity (Wildman–Crippen MR) is 93.2 cm³/mol. The molecule has 0 bridgehead atoms. The number of hydrogen-bond donors (Lipinski definition) is 0. The van der Waals surface area contributed by atoms with Crippen LogP contribution in [0, 0.1) is 0 Å². The maximum Gasteiger partial charge on any atom is 0.275 e. The molecule has 7 nitrogen and oxygen atoms in total. The molecular formula is C17H21N5O2S. The average Bonchev–Trinajstić information content (AvgIpc) is 3.18. The lowest BCUT2D eigenvalue weighted by molar-refractivity contribution is -0.134. The smallest absolute Gasteiger partial charge is 0.275 e. The highest BCUT2D eigenvalue weighted by atomic mass is 32.1. The molecule has 1 amide bonds. The molecule has 0 aromatic carbocycles. The summed E-state index contributed by atoms with van der Waals surface area (Å²) in [5.41, 5.74) is 1.53. The second-order valence-electron chi connectivity index (χ2n) is 6.69. The first-order chi connectivity index (χ1) is 12.2. The van der Waals surface area contributed by atoms with Gasteiger partial charge < -0.3 is 9.64 Å². The van der Waals surface area contributed by atoms with Crippen LogP contribution in [0.5, 0.6) is 0 Å². The van der Waals surface area contributed by atoms with Gasteiger partial charge in [-0.15, -0.1) is 5.10 Å². The lowest BCUT2D eigenvalue weighted by atomic mass is 9.89. The number of likely N-dealkylation sites (tertiary alicyclic amines) is 1. The monoisotopic (exact) mass is 359 g/mol. The molecule has 2 fully saturated rings. The second kappa shape index (κ2) is 7.15. The SMILES string of the molecule is O=C(c1csnn1)N1CCC2(CC1)CN(Cc1cccnc1)CCO2. The number of piperidine rings is 1. The topological polar surface area (TPSA) is 71.5 Å². The molecule has 132 valence electrons. The van der Waals surface area contributed by atoms with Crippen LogP contribution in [0.25, 0.3) is 0 Å². The van der Waals surface area contributed by atoms with Crippen LogP contribution in [0.4, 0.5) is 0 Å². The van der Waals surface area contributed by atoms with Gasteiger partial charge in [0.1, 0.15) is 0 Å². The molecule has 0 saturated carbocycles. The third kappa shape index (κ3) is 3.70. The van der Waals surface area contributed by atoms with Gasteiger partial charge in [0.05, 0.1) is 12.2 Å². The van der Waals surface area contributed by atoms with E-state index < -0.39 is 0 Å². The molecule has 4 rings (SSSR count). The zero-order valence-corrected chi connectivity index (χ0v) is 14.8. The summed E-state index contributed by atoms with van der Waals surface area (Å²) in [4.78, 5) is 20.9. The number of aromatic nitrogens is 3. The van der Waals surface area contributed by atoms with Gasteiger partial charge in [0, 0.05) is 50.5 Å². The molecule has 0 radical (unpaired) electrons. The highest BCUT2D eigenvalue weighted by Gasteiger charge is 2.40. The lowest BCUT2D eigenvalue weighted by Gasteiger charge is -2.47. The maximum atomic E-state index is 12.4. The quantitative estimate of drug-likeness (QED) is 0.826. The Kier molecular flexibility index (Phi) is 4.74. The summed E-state index contributed by atoms with van der Waals surface area (Å²) in [5, 5.41) is 5.59. The van der Waals surface area contributed by atoms with Gasteiger partial charge in [0.2, 0.25) is 0 Å². The normalized spacial score (nSPS) is 20.7. The van der Waals surface area contributed by atoms with Gasteiger partial charge in [-0.1, -0.05) is 10.6 Å². The minimum Gasteiger partial charge on any atom is -0.372 e. The first-order valence-corrected chi connectivity index (χ1v) is 9.39. The van der Waals surface area contributed by atoms with Crippen LogP contribution in [0.15, 0.2) is 29.9 Å². The molecule has 1 spiro atoms. The molecule has 8 heteroatoms. The zero-order chi connectivity index (χ0) is 17.1. The van der Waals surface area contributed by atoms with E-state index in [4.69, 9.17) is 4.74 Å². The van der Waals surface area contributed by atoms with E-state index in [1.54, 1.807) is 11.6 Å². The molecule has 0 atom stereocenters. The van der Waals surface area contributed by atoms with Crippen molar-refractivity contribution in [3.8, 4) is 0 Å². The van der Waals surface area contributed by atoms with E-state index in [0.29, 0.717) is 18.8 Å². The summed E-state index contributed by atoms with van der Waals surface area (Å²) in [5.74, 6) is -0.0216. The Morgan fingerprint density at radius 2 is 2.20 bits per heavy atom. The summed E-state index contributed by atoms with van der Waals surface area (Å²) < 4.78 is 9.95. The summed E-state index contributed by atoms with van der Waals surface area (Å²) in [7, 11) is 0. The van der Waals surface area contributed by atoms with Gasteiger partial charge in [-0.2, -0.15) is 0 Å². The van der Waals surface area contributed by atoms with Gasteiger partial charge in [-0.05, 0) is 36.0 Å². The number of morpholine rings is 1. The van der Waals surface area contributed by atoms with Crippen LogP contribution in [-0.4, -0.2) is 68.7 Å². The van der Waals surface area contributed by atoms with Crippen LogP contribution in [0.3, 0.4) is 0 Å². The van der Waals surface area contributed by atoms with Gasteiger partial charge in [-0.25, -0.2) is 0 Å². The van der Waals surface area contributed by atoms with Crippen LogP contribution in [0.2, 0.25) is 0 Å². The zero-order valence-electron chi connectivity index (χ0n) is 14.0. The third-order valence-corrected chi connectivity index (χ3v) is 5.50. The van der Waals surface area contributed by atoms with Crippen LogP contribution in [0.1, 0.15) is 28.9 Å². The van der Waals surface area contributed by atoms with Gasteiger partial charge in [-0.3, -0.25) is 14.7 Å². The first-order valence-electron chi connectivity index (χ1n) is 8.56. The molecule has 25 heavy (non-hydrogen) atoms. The van der Waals surface area contributed by atoms with E-state index >= 15 is 0 Å². The Bertz CT molecular complexity index is 701. The number of carbonyl (C=O) groups excluding carboxylic acids is 1. The number of hydrogen-bond acceptors (Lipinski definition) is 7. The molecule has 2 aromatic heterocycles. The fourth-order valence-corrected chi connectivity index (χ4v) is 4.08. The Morgan fingerprint density at radius 3 is 2.92 bits per heavy atom. The predicted octanol–water partition coefficient (Wildman–Crippen LogP) is 1.44. The van der Waals surface area contributed by atoms with E-state index in [2.05, 4.69) is 25.5 Å². The van der Waals surface area contributed by atoms with Gasteiger partial charge >= 0.3 is 0 Å². The van der Waals surface area contributed by atoms with E-state index in [9.17, 15) is 4.79 Å². The van der Waals surface area contributed by atoms with Crippen molar-refractivity contribution < 1.29 is 9.53 Å². The van der Waals surface area contributed by atoms with Crippen molar-refractivity contribution in [2.45, 2.75) is 25.0 Å². The molecule has 0 aliphatic carbocycles. The van der Waals surface area contributed by atoms with Crippen molar-refractivity contribution >= 4 is 17.4 Å². The molecule has 2 aromatic rings. The van der Waals surface area contributed by atoms with Gasteiger partial charge in [0.25, 0.3) is 5.91 Å². The van der Waals surface area contributed by atoms with Crippen LogP contribution >= 0.6 is 11.5 Å². The number of rotatable bonds is 3. The summed E-state index contributed by atoms with van der Waals surface area (Å²) >= 11 is 1.21. The third-order valence-electron chi connectivity index (χ3n) is 5.00. The van der Waals surface area contributed by atoms with Crippen molar-refractivity contribution in [2.75, 3.05) is 32.8 Å². The molecule has 2 aliphatic rings. The van der Waals surface area contributed by atoms with Crippen molar-refractivity contribution in [1.29, 1.82) is 0 Å². The standard InChI is InChI=1S/C17H21N5O2S/c23-16(15-12-25-20-19-15)22-6-3-17(4-7-22)13-21(8-9-24-17)11-14-2-1-5-18-10-14/h1-2,5,10,12H,3-4,6-9,11,13H2. The second-order valence-corrected chi connectivity index (χ2v) is 7.30. The molecule has 2 aliphatic heterocycles. The lowest BCUT2D eigenvalue weighted by Crippen LogP contribution is -2.57. The summed E-state index contributed by atoms with van der Waals surface area (Å²) in [6.45, 7) is 4.89. The molecular weight excluding hydrogens is 338 g/mol. The number of amides is 1. The van der Waals surface area contributed by atoms with E-state index in [1.807, 2.05) is 17.2 Å². The number of nitrogens with zero attached hydrogens (tertiary/aromatic N) is 5. The van der Waals surface area contributed by atoms with E-state index in [-0.39, 0.29) is 11.5 Å². The molecule has 0 N–H and O–H groups in total. The van der Waals surface area contributed by atoms with Crippen molar-refractivity contribution in [3.05, 3.63) is 41.2 Å². The molecule has 2 saturated heterocycles. The van der Waals surface area contributed by atoms with Crippen LogP contribution < -0.4 is 0 Å². The minimum atomic E-state index is -0.141. The fourth-order valence-electron chi connectivity index (χ4n) is 3.65. The Hall–Kier alpha value is -1.90. The average molecular weight is 359 g/mol. The Morgan fingerprint density at radius 1 is 1.32 bits per heavy atom. The minimum absolute atomic E-state index is 0.0216. The van der Waals surface area contributed by atoms with Crippen molar-refractivity contribution in [1.82, 2.24) is 24.4 Å². The molecule has 4 heterocycles. The van der Waals surface area contributed by atoms with E-state index in [0.717, 1.165) is 39.1 Å². The maximum absolute atomic E-state index is 12.4. The Labute approximate surface area is 150 Å².